The molecule has 5 rings (SSSR count). The molecule has 4 saturated carbocycles. The lowest BCUT2D eigenvalue weighted by Crippen LogP contribution is -2.54. The Morgan fingerprint density at radius 2 is 1.62 bits per heavy atom. The van der Waals surface area contributed by atoms with Crippen LogP contribution in [0.25, 0.3) is 0 Å². The minimum Gasteiger partial charge on any atom is -0.370 e. The first-order chi connectivity index (χ1) is 12.6. The molecule has 26 heavy (non-hydrogen) atoms. The molecular weight excluding hydrogens is 326 g/mol. The topological polar surface area (TPSA) is 78.9 Å². The molecule has 4 aliphatic carbocycles. The smallest absolute Gasteiger partial charge is 0.226 e. The van der Waals surface area contributed by atoms with Gasteiger partial charge in [0.25, 0.3) is 0 Å². The third kappa shape index (κ3) is 3.51. The van der Waals surface area contributed by atoms with Crippen LogP contribution < -0.4 is 16.0 Å². The quantitative estimate of drug-likeness (QED) is 0.654. The number of nitrogens with zero attached hydrogens (tertiary/aromatic N) is 2. The highest BCUT2D eigenvalue weighted by molar-refractivity contribution is 5.83. The second-order valence-corrected chi connectivity index (χ2v) is 8.60. The maximum absolute atomic E-state index is 12.9. The van der Waals surface area contributed by atoms with Gasteiger partial charge in [-0.2, -0.15) is 0 Å². The van der Waals surface area contributed by atoms with Crippen LogP contribution in [0.3, 0.4) is 0 Å². The molecule has 0 aliphatic heterocycles. The maximum atomic E-state index is 12.9. The molecule has 1 amide bonds. The number of rotatable bonds is 7. The molecule has 0 radical (unpaired) electrons. The van der Waals surface area contributed by atoms with Crippen molar-refractivity contribution in [2.45, 2.75) is 52.4 Å². The van der Waals surface area contributed by atoms with Crippen molar-refractivity contribution in [3.05, 3.63) is 11.9 Å². The van der Waals surface area contributed by atoms with Crippen LogP contribution in [-0.2, 0) is 4.79 Å². The number of hydrogen-bond donors (Lipinski definition) is 3. The summed E-state index contributed by atoms with van der Waals surface area (Å²) in [5.74, 6) is 5.09. The Morgan fingerprint density at radius 3 is 2.19 bits per heavy atom. The third-order valence-electron chi connectivity index (χ3n) is 6.43. The summed E-state index contributed by atoms with van der Waals surface area (Å²) in [7, 11) is 0. The van der Waals surface area contributed by atoms with Gasteiger partial charge in [-0.05, 0) is 70.1 Å². The average Bonchev–Trinajstić information content (AvgIpc) is 2.57. The Hall–Kier alpha value is -1.85. The highest BCUT2D eigenvalue weighted by Crippen LogP contribution is 2.60. The first kappa shape index (κ1) is 17.6. The predicted molar refractivity (Wildman–Crippen MR) is 103 cm³/mol. The molecule has 4 aliphatic rings. The van der Waals surface area contributed by atoms with Gasteiger partial charge in [-0.1, -0.05) is 0 Å². The van der Waals surface area contributed by atoms with E-state index in [9.17, 15) is 4.79 Å². The fourth-order valence-electron chi connectivity index (χ4n) is 5.87. The van der Waals surface area contributed by atoms with E-state index in [1.165, 1.54) is 19.3 Å². The molecule has 0 atom stereocenters. The normalized spacial score (nSPS) is 31.7. The molecule has 4 fully saturated rings. The van der Waals surface area contributed by atoms with E-state index >= 15 is 0 Å². The van der Waals surface area contributed by atoms with Crippen molar-refractivity contribution in [2.75, 3.05) is 30.3 Å². The second kappa shape index (κ2) is 7.05. The zero-order chi connectivity index (χ0) is 18.1. The van der Waals surface area contributed by atoms with Crippen molar-refractivity contribution in [3.8, 4) is 0 Å². The first-order valence-corrected chi connectivity index (χ1v) is 10.2. The number of hydrogen-bond acceptors (Lipinski definition) is 5. The number of anilines is 2. The Bertz CT molecular complexity index is 639. The summed E-state index contributed by atoms with van der Waals surface area (Å²) in [4.78, 5) is 21.7. The molecule has 0 unspecified atom stereocenters. The van der Waals surface area contributed by atoms with E-state index in [-0.39, 0.29) is 5.41 Å². The summed E-state index contributed by atoms with van der Waals surface area (Å²) in [6.07, 6.45) is 7.47. The predicted octanol–water partition coefficient (Wildman–Crippen LogP) is 2.96. The summed E-state index contributed by atoms with van der Waals surface area (Å²) in [5.41, 5.74) is -0.0571. The van der Waals surface area contributed by atoms with Gasteiger partial charge in [-0.3, -0.25) is 4.79 Å². The van der Waals surface area contributed by atoms with Crippen molar-refractivity contribution in [2.24, 2.45) is 23.2 Å². The molecular formula is C20H31N5O. The lowest BCUT2D eigenvalue weighted by molar-refractivity contribution is -0.146. The van der Waals surface area contributed by atoms with Crippen LogP contribution in [-0.4, -0.2) is 35.5 Å². The van der Waals surface area contributed by atoms with Gasteiger partial charge in [0.2, 0.25) is 5.91 Å². The van der Waals surface area contributed by atoms with Crippen LogP contribution in [0, 0.1) is 30.1 Å². The summed E-state index contributed by atoms with van der Waals surface area (Å²) < 4.78 is 0. The van der Waals surface area contributed by atoms with E-state index < -0.39 is 0 Å². The van der Waals surface area contributed by atoms with Gasteiger partial charge in [0.15, 0.2) is 0 Å². The summed E-state index contributed by atoms with van der Waals surface area (Å²) in [6.45, 7) is 6.09. The molecule has 1 aromatic rings. The minimum atomic E-state index is -0.0571. The SMILES string of the molecule is CCNc1cc(NCCNC(=O)C23CC4CC(CC(C4)C2)C3)nc(C)n1. The molecule has 142 valence electrons. The van der Waals surface area contributed by atoms with Crippen molar-refractivity contribution in [1.29, 1.82) is 0 Å². The van der Waals surface area contributed by atoms with E-state index in [0.717, 1.165) is 61.0 Å². The Morgan fingerprint density at radius 1 is 1.04 bits per heavy atom. The largest absolute Gasteiger partial charge is 0.370 e. The lowest BCUT2D eigenvalue weighted by atomic mass is 9.49. The van der Waals surface area contributed by atoms with E-state index in [0.29, 0.717) is 19.0 Å². The molecule has 0 saturated heterocycles. The van der Waals surface area contributed by atoms with Crippen LogP contribution in [0.5, 0.6) is 0 Å². The van der Waals surface area contributed by atoms with Gasteiger partial charge >= 0.3 is 0 Å². The summed E-state index contributed by atoms with van der Waals surface area (Å²) in [5, 5.41) is 9.72. The number of carbonyl (C=O) groups excluding carboxylic acids is 1. The van der Waals surface area contributed by atoms with Crippen molar-refractivity contribution < 1.29 is 4.79 Å². The standard InChI is InChI=1S/C20H31N5O/c1-3-21-17-9-18(25-13(2)24-17)22-4-5-23-19(26)20-10-14-6-15(11-20)8-16(7-14)12-20/h9,14-16H,3-8,10-12H2,1-2H3,(H,23,26)(H2,21,22,24,25). The van der Waals surface area contributed by atoms with Gasteiger partial charge < -0.3 is 16.0 Å². The Labute approximate surface area is 156 Å². The summed E-state index contributed by atoms with van der Waals surface area (Å²) >= 11 is 0. The van der Waals surface area contributed by atoms with Crippen molar-refractivity contribution in [3.63, 3.8) is 0 Å². The van der Waals surface area contributed by atoms with Gasteiger partial charge in [-0.25, -0.2) is 9.97 Å². The zero-order valence-electron chi connectivity index (χ0n) is 16.0. The Balaban J connectivity index is 1.28. The molecule has 1 aromatic heterocycles. The Kier molecular flexibility index (Phi) is 4.76. The van der Waals surface area contributed by atoms with Crippen LogP contribution in [0.2, 0.25) is 0 Å². The zero-order valence-corrected chi connectivity index (χ0v) is 16.0. The van der Waals surface area contributed by atoms with E-state index in [1.54, 1.807) is 0 Å². The average molecular weight is 358 g/mol. The number of amides is 1. The minimum absolute atomic E-state index is 0.0571. The monoisotopic (exact) mass is 357 g/mol. The summed E-state index contributed by atoms with van der Waals surface area (Å²) in [6, 6.07) is 1.91. The van der Waals surface area contributed by atoms with Gasteiger partial charge in [0.1, 0.15) is 17.5 Å². The van der Waals surface area contributed by atoms with Gasteiger partial charge in [0.05, 0.1) is 0 Å². The first-order valence-electron chi connectivity index (χ1n) is 10.2. The molecule has 6 heteroatoms. The van der Waals surface area contributed by atoms with E-state index in [2.05, 4.69) is 25.9 Å². The fraction of sp³-hybridized carbons (Fsp3) is 0.750. The molecule has 3 N–H and O–H groups in total. The number of nitrogens with one attached hydrogen (secondary N) is 3. The number of aromatic nitrogens is 2. The fourth-order valence-corrected chi connectivity index (χ4v) is 5.87. The van der Waals surface area contributed by atoms with Crippen molar-refractivity contribution in [1.82, 2.24) is 15.3 Å². The molecule has 0 spiro atoms. The molecule has 0 aromatic carbocycles. The molecule has 1 heterocycles. The maximum Gasteiger partial charge on any atom is 0.226 e. The highest BCUT2D eigenvalue weighted by atomic mass is 16.2. The third-order valence-corrected chi connectivity index (χ3v) is 6.43. The van der Waals surface area contributed by atoms with E-state index in [4.69, 9.17) is 0 Å². The highest BCUT2D eigenvalue weighted by Gasteiger charge is 2.54. The van der Waals surface area contributed by atoms with Crippen LogP contribution >= 0.6 is 0 Å². The van der Waals surface area contributed by atoms with Crippen molar-refractivity contribution >= 4 is 17.5 Å². The molecule has 4 bridgehead atoms. The lowest BCUT2D eigenvalue weighted by Gasteiger charge is -2.55. The van der Waals surface area contributed by atoms with Gasteiger partial charge in [-0.15, -0.1) is 0 Å². The van der Waals surface area contributed by atoms with Crippen LogP contribution in [0.15, 0.2) is 6.07 Å². The number of carbonyl (C=O) groups is 1. The van der Waals surface area contributed by atoms with Gasteiger partial charge in [0, 0.05) is 31.1 Å². The van der Waals surface area contributed by atoms with Crippen LogP contribution in [0.1, 0.15) is 51.3 Å². The second-order valence-electron chi connectivity index (χ2n) is 8.60. The number of aryl methyl sites for hydroxylation is 1. The molecule has 6 nitrogen and oxygen atoms in total. The van der Waals surface area contributed by atoms with Crippen LogP contribution in [0.4, 0.5) is 11.6 Å². The van der Waals surface area contributed by atoms with E-state index in [1.807, 2.05) is 19.9 Å².